The highest BCUT2D eigenvalue weighted by Gasteiger charge is 2.07. The van der Waals surface area contributed by atoms with Crippen LogP contribution in [-0.2, 0) is 4.79 Å². The molecule has 15 heavy (non-hydrogen) atoms. The van der Waals surface area contributed by atoms with Crippen molar-refractivity contribution in [3.05, 3.63) is 11.6 Å². The SMILES string of the molecule is O=C(CCl)NC(=O)NCCC1=CCCC1. The van der Waals surface area contributed by atoms with E-state index in [-0.39, 0.29) is 5.88 Å². The molecule has 0 heterocycles. The summed E-state index contributed by atoms with van der Waals surface area (Å²) in [4.78, 5) is 21.8. The predicted octanol–water partition coefficient (Wildman–Crippen LogP) is 1.55. The Bertz CT molecular complexity index is 277. The van der Waals surface area contributed by atoms with Gasteiger partial charge in [-0.25, -0.2) is 4.79 Å². The average molecular weight is 231 g/mol. The Labute approximate surface area is 94.1 Å². The number of hydrogen-bond acceptors (Lipinski definition) is 2. The summed E-state index contributed by atoms with van der Waals surface area (Å²) in [6.45, 7) is 0.563. The Balaban J connectivity index is 2.09. The lowest BCUT2D eigenvalue weighted by Gasteiger charge is -2.05. The normalized spacial score (nSPS) is 14.6. The van der Waals surface area contributed by atoms with Gasteiger partial charge in [-0.3, -0.25) is 10.1 Å². The molecule has 5 heteroatoms. The number of amides is 3. The van der Waals surface area contributed by atoms with Gasteiger partial charge < -0.3 is 5.32 Å². The number of halogens is 1. The smallest absolute Gasteiger partial charge is 0.321 e. The second-order valence-corrected chi connectivity index (χ2v) is 3.71. The number of urea groups is 1. The molecule has 0 saturated heterocycles. The summed E-state index contributed by atoms with van der Waals surface area (Å²) in [6, 6.07) is -0.473. The van der Waals surface area contributed by atoms with E-state index in [2.05, 4.69) is 16.7 Å². The number of carbonyl (C=O) groups excluding carboxylic acids is 2. The first-order valence-electron chi connectivity index (χ1n) is 5.04. The van der Waals surface area contributed by atoms with Crippen molar-refractivity contribution in [1.29, 1.82) is 0 Å². The van der Waals surface area contributed by atoms with Gasteiger partial charge in [0.25, 0.3) is 0 Å². The molecule has 4 nitrogen and oxygen atoms in total. The quantitative estimate of drug-likeness (QED) is 0.569. The molecular weight excluding hydrogens is 216 g/mol. The summed E-state index contributed by atoms with van der Waals surface area (Å²) in [7, 11) is 0. The molecule has 1 aliphatic carbocycles. The standard InChI is InChI=1S/C10H15ClN2O2/c11-7-9(14)13-10(15)12-6-5-8-3-1-2-4-8/h3H,1-2,4-7H2,(H2,12,13,14,15). The Hall–Kier alpha value is -1.03. The van der Waals surface area contributed by atoms with E-state index in [0.717, 1.165) is 19.3 Å². The van der Waals surface area contributed by atoms with Crippen LogP contribution in [0.2, 0.25) is 0 Å². The first-order chi connectivity index (χ1) is 7.22. The van der Waals surface area contributed by atoms with Gasteiger partial charge in [0, 0.05) is 6.54 Å². The summed E-state index contributed by atoms with van der Waals surface area (Å²) in [5.41, 5.74) is 1.39. The third-order valence-corrected chi connectivity index (χ3v) is 2.48. The summed E-state index contributed by atoms with van der Waals surface area (Å²) in [5.74, 6) is -0.673. The molecule has 2 N–H and O–H groups in total. The summed E-state index contributed by atoms with van der Waals surface area (Å²) >= 11 is 5.23. The van der Waals surface area contributed by atoms with Gasteiger partial charge in [0.05, 0.1) is 0 Å². The number of nitrogens with one attached hydrogen (secondary N) is 2. The Kier molecular flexibility index (Phi) is 5.18. The first kappa shape index (κ1) is 12.0. The largest absolute Gasteiger partial charge is 0.337 e. The number of carbonyl (C=O) groups is 2. The van der Waals surface area contributed by atoms with Crippen molar-refractivity contribution >= 4 is 23.5 Å². The monoisotopic (exact) mass is 230 g/mol. The maximum absolute atomic E-state index is 11.1. The molecule has 0 aromatic carbocycles. The minimum absolute atomic E-state index is 0.196. The van der Waals surface area contributed by atoms with Crippen LogP contribution in [0.5, 0.6) is 0 Å². The second-order valence-electron chi connectivity index (χ2n) is 3.44. The summed E-state index contributed by atoms with van der Waals surface area (Å²) in [6.07, 6.45) is 6.56. The van der Waals surface area contributed by atoms with Crippen LogP contribution in [0.4, 0.5) is 4.79 Å². The van der Waals surface area contributed by atoms with Gasteiger partial charge in [0.1, 0.15) is 5.88 Å². The topological polar surface area (TPSA) is 58.2 Å². The lowest BCUT2D eigenvalue weighted by atomic mass is 10.2. The number of hydrogen-bond donors (Lipinski definition) is 2. The van der Waals surface area contributed by atoms with Gasteiger partial charge in [-0.2, -0.15) is 0 Å². The van der Waals surface area contributed by atoms with E-state index in [4.69, 9.17) is 11.6 Å². The molecule has 1 aliphatic rings. The van der Waals surface area contributed by atoms with Crippen molar-refractivity contribution in [1.82, 2.24) is 10.6 Å². The molecule has 0 bridgehead atoms. The van der Waals surface area contributed by atoms with Crippen molar-refractivity contribution < 1.29 is 9.59 Å². The minimum atomic E-state index is -0.478. The average Bonchev–Trinajstić information content (AvgIpc) is 2.70. The summed E-state index contributed by atoms with van der Waals surface area (Å²) in [5, 5.41) is 4.72. The van der Waals surface area contributed by atoms with Crippen molar-refractivity contribution in [2.75, 3.05) is 12.4 Å². The molecule has 0 aliphatic heterocycles. The van der Waals surface area contributed by atoms with E-state index in [1.807, 2.05) is 0 Å². The lowest BCUT2D eigenvalue weighted by molar-refractivity contribution is -0.117. The minimum Gasteiger partial charge on any atom is -0.337 e. The molecule has 3 amide bonds. The van der Waals surface area contributed by atoms with E-state index in [1.54, 1.807) is 0 Å². The zero-order chi connectivity index (χ0) is 11.1. The molecular formula is C10H15ClN2O2. The van der Waals surface area contributed by atoms with Gasteiger partial charge in [-0.05, 0) is 25.7 Å². The van der Waals surface area contributed by atoms with Crippen molar-refractivity contribution in [3.63, 3.8) is 0 Å². The van der Waals surface area contributed by atoms with Crippen LogP contribution in [0.25, 0.3) is 0 Å². The third-order valence-electron chi connectivity index (χ3n) is 2.24. The molecule has 0 aromatic heterocycles. The first-order valence-corrected chi connectivity index (χ1v) is 5.57. The van der Waals surface area contributed by atoms with Crippen LogP contribution >= 0.6 is 11.6 Å². The maximum atomic E-state index is 11.1. The Morgan fingerprint density at radius 1 is 1.47 bits per heavy atom. The predicted molar refractivity (Wildman–Crippen MR) is 58.8 cm³/mol. The van der Waals surface area contributed by atoms with Crippen LogP contribution in [-0.4, -0.2) is 24.4 Å². The van der Waals surface area contributed by atoms with E-state index < -0.39 is 11.9 Å². The van der Waals surface area contributed by atoms with Gasteiger partial charge in [0.15, 0.2) is 0 Å². The fraction of sp³-hybridized carbons (Fsp3) is 0.600. The molecule has 0 aromatic rings. The number of rotatable bonds is 4. The molecule has 0 atom stereocenters. The maximum Gasteiger partial charge on any atom is 0.321 e. The second kappa shape index (κ2) is 6.45. The zero-order valence-corrected chi connectivity index (χ0v) is 9.27. The van der Waals surface area contributed by atoms with Gasteiger partial charge in [0.2, 0.25) is 5.91 Å². The molecule has 0 saturated carbocycles. The van der Waals surface area contributed by atoms with Crippen molar-refractivity contribution in [2.24, 2.45) is 0 Å². The van der Waals surface area contributed by atoms with E-state index >= 15 is 0 Å². The molecule has 1 rings (SSSR count). The summed E-state index contributed by atoms with van der Waals surface area (Å²) < 4.78 is 0. The molecule has 0 unspecified atom stereocenters. The van der Waals surface area contributed by atoms with Crippen LogP contribution < -0.4 is 10.6 Å². The van der Waals surface area contributed by atoms with E-state index in [0.29, 0.717) is 6.54 Å². The van der Waals surface area contributed by atoms with Gasteiger partial charge >= 0.3 is 6.03 Å². The van der Waals surface area contributed by atoms with Crippen LogP contribution in [0, 0.1) is 0 Å². The van der Waals surface area contributed by atoms with Crippen molar-refractivity contribution in [2.45, 2.75) is 25.7 Å². The van der Waals surface area contributed by atoms with Crippen LogP contribution in [0.15, 0.2) is 11.6 Å². The molecule has 0 radical (unpaired) electrons. The van der Waals surface area contributed by atoms with Gasteiger partial charge in [-0.1, -0.05) is 11.6 Å². The highest BCUT2D eigenvalue weighted by molar-refractivity contribution is 6.28. The Morgan fingerprint density at radius 2 is 2.27 bits per heavy atom. The van der Waals surface area contributed by atoms with Crippen LogP contribution in [0.1, 0.15) is 25.7 Å². The third kappa shape index (κ3) is 4.83. The van der Waals surface area contributed by atoms with Crippen LogP contribution in [0.3, 0.4) is 0 Å². The molecule has 0 fully saturated rings. The number of imide groups is 1. The molecule has 0 spiro atoms. The number of allylic oxidation sites excluding steroid dienone is 1. The molecule has 84 valence electrons. The van der Waals surface area contributed by atoms with E-state index in [9.17, 15) is 9.59 Å². The highest BCUT2D eigenvalue weighted by atomic mass is 35.5. The highest BCUT2D eigenvalue weighted by Crippen LogP contribution is 2.19. The van der Waals surface area contributed by atoms with Gasteiger partial charge in [-0.15, -0.1) is 11.6 Å². The van der Waals surface area contributed by atoms with Crippen molar-refractivity contribution in [3.8, 4) is 0 Å². The van der Waals surface area contributed by atoms with E-state index in [1.165, 1.54) is 12.0 Å². The fourth-order valence-corrected chi connectivity index (χ4v) is 1.57. The zero-order valence-electron chi connectivity index (χ0n) is 8.51. The number of alkyl halides is 1. The Morgan fingerprint density at radius 3 is 2.87 bits per heavy atom. The fourth-order valence-electron chi connectivity index (χ4n) is 1.51. The lowest BCUT2D eigenvalue weighted by Crippen LogP contribution is -2.40.